The quantitative estimate of drug-likeness (QED) is 0.484. The van der Waals surface area contributed by atoms with E-state index in [1.54, 1.807) is 0 Å². The summed E-state index contributed by atoms with van der Waals surface area (Å²) in [5.74, 6) is -16.1. The molecule has 1 unspecified atom stereocenters. The summed E-state index contributed by atoms with van der Waals surface area (Å²) in [6, 6.07) is 0. The van der Waals surface area contributed by atoms with E-state index in [2.05, 4.69) is 14.5 Å². The van der Waals surface area contributed by atoms with Gasteiger partial charge in [-0.3, -0.25) is 4.79 Å². The van der Waals surface area contributed by atoms with Gasteiger partial charge in [0.1, 0.15) is 16.3 Å². The standard InChI is InChI=1S/C12H7F10NO4S/c1-26-7(24)3-5(9(13,14)11(17,18)19)23-6(4(28-3)8(25)27-2)10(15,16)12(20,21)22/h3H,1-2H3. The van der Waals surface area contributed by atoms with Crippen LogP contribution in [0.25, 0.3) is 0 Å². The SMILES string of the molecule is COC(=O)C1=C(C(F)(F)C(F)(F)F)N=C(C(F)(F)C(F)(F)F)C(C(=O)OC)S1. The number of methoxy groups -OCH3 is 2. The molecule has 0 amide bonds. The first-order valence-corrected chi connectivity index (χ1v) is 7.37. The molecule has 0 spiro atoms. The minimum Gasteiger partial charge on any atom is -0.468 e. The van der Waals surface area contributed by atoms with Crippen LogP contribution < -0.4 is 0 Å². The second-order valence-corrected chi connectivity index (χ2v) is 5.95. The first kappa shape index (κ1) is 24.0. The van der Waals surface area contributed by atoms with Crippen LogP contribution in [0.5, 0.6) is 0 Å². The van der Waals surface area contributed by atoms with E-state index in [-0.39, 0.29) is 0 Å². The van der Waals surface area contributed by atoms with Crippen molar-refractivity contribution in [2.24, 2.45) is 4.99 Å². The lowest BCUT2D eigenvalue weighted by Gasteiger charge is -2.31. The number of rotatable bonds is 4. The summed E-state index contributed by atoms with van der Waals surface area (Å²) in [6.07, 6.45) is -13.0. The number of halogens is 10. The topological polar surface area (TPSA) is 65.0 Å². The van der Waals surface area contributed by atoms with Crippen molar-refractivity contribution in [2.75, 3.05) is 14.2 Å². The number of carbonyl (C=O) groups is 2. The van der Waals surface area contributed by atoms with Crippen LogP contribution >= 0.6 is 11.8 Å². The van der Waals surface area contributed by atoms with Crippen molar-refractivity contribution >= 4 is 29.4 Å². The molecule has 1 rings (SSSR count). The molecule has 0 saturated carbocycles. The Hall–Kier alpha value is -2.00. The van der Waals surface area contributed by atoms with E-state index in [1.807, 2.05) is 0 Å². The number of esters is 2. The lowest BCUT2D eigenvalue weighted by atomic mass is 10.1. The summed E-state index contributed by atoms with van der Waals surface area (Å²) in [4.78, 5) is 23.4. The Morgan fingerprint density at radius 1 is 0.857 bits per heavy atom. The Bertz CT molecular complexity index is 725. The molecule has 0 aromatic carbocycles. The van der Waals surface area contributed by atoms with Crippen molar-refractivity contribution in [3.8, 4) is 0 Å². The normalized spacial score (nSPS) is 19.3. The lowest BCUT2D eigenvalue weighted by Crippen LogP contribution is -2.52. The summed E-state index contributed by atoms with van der Waals surface area (Å²) < 4.78 is 138. The third kappa shape index (κ3) is 4.05. The summed E-state index contributed by atoms with van der Waals surface area (Å²) in [5, 5.41) is -2.86. The van der Waals surface area contributed by atoms with Crippen LogP contribution in [-0.4, -0.2) is 61.3 Å². The number of ether oxygens (including phenoxy) is 2. The highest BCUT2D eigenvalue weighted by Crippen LogP contribution is 2.50. The molecule has 16 heteroatoms. The molecule has 0 fully saturated rings. The zero-order chi connectivity index (χ0) is 22.3. The fraction of sp³-hybridized carbons (Fsp3) is 0.583. The van der Waals surface area contributed by atoms with Gasteiger partial charge in [-0.1, -0.05) is 11.8 Å². The van der Waals surface area contributed by atoms with Gasteiger partial charge in [-0.2, -0.15) is 43.9 Å². The third-order valence-electron chi connectivity index (χ3n) is 3.05. The van der Waals surface area contributed by atoms with Crippen molar-refractivity contribution in [1.82, 2.24) is 0 Å². The predicted octanol–water partition coefficient (Wildman–Crippen LogP) is 3.50. The van der Waals surface area contributed by atoms with Crippen molar-refractivity contribution in [2.45, 2.75) is 29.4 Å². The van der Waals surface area contributed by atoms with Crippen LogP contribution in [0, 0.1) is 0 Å². The van der Waals surface area contributed by atoms with Gasteiger partial charge in [0.2, 0.25) is 0 Å². The zero-order valence-corrected chi connectivity index (χ0v) is 14.2. The van der Waals surface area contributed by atoms with Crippen LogP contribution in [0.2, 0.25) is 0 Å². The van der Waals surface area contributed by atoms with Gasteiger partial charge in [0.25, 0.3) is 0 Å². The monoisotopic (exact) mass is 451 g/mol. The number of nitrogens with zero attached hydrogens (tertiary/aromatic N) is 1. The first-order valence-electron chi connectivity index (χ1n) is 6.49. The van der Waals surface area contributed by atoms with Gasteiger partial charge in [0.15, 0.2) is 5.25 Å². The van der Waals surface area contributed by atoms with Gasteiger partial charge in [-0.25, -0.2) is 9.79 Å². The van der Waals surface area contributed by atoms with E-state index in [0.29, 0.717) is 14.2 Å². The van der Waals surface area contributed by atoms with Crippen LogP contribution in [-0.2, 0) is 19.1 Å². The van der Waals surface area contributed by atoms with Crippen LogP contribution in [0.3, 0.4) is 0 Å². The number of aliphatic imine (C=N–C) groups is 1. The van der Waals surface area contributed by atoms with Crippen molar-refractivity contribution in [3.05, 3.63) is 10.6 Å². The third-order valence-corrected chi connectivity index (χ3v) is 4.30. The molecule has 1 atom stereocenters. The van der Waals surface area contributed by atoms with Gasteiger partial charge in [-0.15, -0.1) is 0 Å². The number of thioether (sulfide) groups is 1. The predicted molar refractivity (Wildman–Crippen MR) is 71.9 cm³/mol. The minimum atomic E-state index is -6.53. The highest BCUT2D eigenvalue weighted by molar-refractivity contribution is 8.06. The van der Waals surface area contributed by atoms with E-state index in [4.69, 9.17) is 0 Å². The molecule has 0 N–H and O–H groups in total. The summed E-state index contributed by atoms with van der Waals surface area (Å²) in [6.45, 7) is 0. The average molecular weight is 451 g/mol. The van der Waals surface area contributed by atoms with E-state index in [1.165, 1.54) is 0 Å². The van der Waals surface area contributed by atoms with E-state index in [9.17, 15) is 53.5 Å². The number of allylic oxidation sites excluding steroid dienone is 1. The zero-order valence-electron chi connectivity index (χ0n) is 13.3. The first-order chi connectivity index (χ1) is 12.4. The van der Waals surface area contributed by atoms with Gasteiger partial charge in [0.05, 0.1) is 14.2 Å². The lowest BCUT2D eigenvalue weighted by molar-refractivity contribution is -0.265. The molecule has 0 radical (unpaired) electrons. The number of alkyl halides is 10. The van der Waals surface area contributed by atoms with Crippen molar-refractivity contribution < 1.29 is 63.0 Å². The molecule has 1 aliphatic rings. The Balaban J connectivity index is 3.89. The Morgan fingerprint density at radius 2 is 1.32 bits per heavy atom. The molecule has 0 aromatic heterocycles. The van der Waals surface area contributed by atoms with Gasteiger partial charge >= 0.3 is 36.1 Å². The summed E-state index contributed by atoms with van der Waals surface area (Å²) in [7, 11) is 1.00. The summed E-state index contributed by atoms with van der Waals surface area (Å²) >= 11 is -0.761. The molecule has 5 nitrogen and oxygen atoms in total. The second-order valence-electron chi connectivity index (χ2n) is 4.83. The fourth-order valence-electron chi connectivity index (χ4n) is 1.69. The number of carbonyl (C=O) groups excluding carboxylic acids is 2. The fourth-order valence-corrected chi connectivity index (χ4v) is 2.90. The van der Waals surface area contributed by atoms with Gasteiger partial charge in [-0.05, 0) is 0 Å². The molecular weight excluding hydrogens is 444 g/mol. The number of hydrogen-bond acceptors (Lipinski definition) is 6. The molecule has 1 aliphatic heterocycles. The molecule has 0 saturated heterocycles. The van der Waals surface area contributed by atoms with Crippen LogP contribution in [0.1, 0.15) is 0 Å². The molecule has 0 bridgehead atoms. The second kappa shape index (κ2) is 7.44. The highest BCUT2D eigenvalue weighted by Gasteiger charge is 2.68. The maximum atomic E-state index is 13.7. The van der Waals surface area contributed by atoms with Crippen LogP contribution in [0.15, 0.2) is 15.6 Å². The molecular formula is C12H7F10NO4S. The molecule has 0 aromatic rings. The number of hydrogen-bond donors (Lipinski definition) is 0. The van der Waals surface area contributed by atoms with Crippen LogP contribution in [0.4, 0.5) is 43.9 Å². The molecule has 1 heterocycles. The Kier molecular flexibility index (Phi) is 6.39. The maximum Gasteiger partial charge on any atom is 0.459 e. The smallest absolute Gasteiger partial charge is 0.459 e. The molecule has 0 aliphatic carbocycles. The van der Waals surface area contributed by atoms with E-state index in [0.717, 1.165) is 0 Å². The van der Waals surface area contributed by atoms with E-state index >= 15 is 0 Å². The molecule has 160 valence electrons. The average Bonchev–Trinajstić information content (AvgIpc) is 2.56. The minimum absolute atomic E-state index is 0.496. The highest BCUT2D eigenvalue weighted by atomic mass is 32.2. The van der Waals surface area contributed by atoms with E-state index < -0.39 is 69.5 Å². The Morgan fingerprint density at radius 3 is 1.68 bits per heavy atom. The van der Waals surface area contributed by atoms with Crippen molar-refractivity contribution in [1.29, 1.82) is 0 Å². The maximum absolute atomic E-state index is 13.7. The largest absolute Gasteiger partial charge is 0.468 e. The van der Waals surface area contributed by atoms with Gasteiger partial charge < -0.3 is 9.47 Å². The summed E-state index contributed by atoms with van der Waals surface area (Å²) in [5.41, 5.74) is -5.47. The molecule has 28 heavy (non-hydrogen) atoms. The van der Waals surface area contributed by atoms with Crippen molar-refractivity contribution in [3.63, 3.8) is 0 Å². The Labute approximate surface area is 152 Å². The van der Waals surface area contributed by atoms with Gasteiger partial charge in [0, 0.05) is 0 Å².